The first-order valence-electron chi connectivity index (χ1n) is 7.93. The zero-order valence-corrected chi connectivity index (χ0v) is 14.9. The first-order chi connectivity index (χ1) is 10.9. The predicted molar refractivity (Wildman–Crippen MR) is 91.3 cm³/mol. The molecule has 5 nitrogen and oxygen atoms in total. The van der Waals surface area contributed by atoms with Crippen LogP contribution in [0.25, 0.3) is 5.69 Å². The maximum Gasteiger partial charge on any atom is 0.152 e. The zero-order chi connectivity index (χ0) is 16.6. The number of rotatable bonds is 3. The molecule has 2 aromatic rings. The van der Waals surface area contributed by atoms with Gasteiger partial charge in [0.15, 0.2) is 5.82 Å². The van der Waals surface area contributed by atoms with E-state index in [4.69, 9.17) is 21.3 Å². The molecule has 1 aliphatic rings. The van der Waals surface area contributed by atoms with E-state index in [1.54, 1.807) is 0 Å². The molecule has 2 heterocycles. The predicted octanol–water partition coefficient (Wildman–Crippen LogP) is 3.10. The van der Waals surface area contributed by atoms with Crippen LogP contribution in [-0.4, -0.2) is 46.0 Å². The molecule has 0 aliphatic carbocycles. The van der Waals surface area contributed by atoms with Gasteiger partial charge in [0.25, 0.3) is 0 Å². The molecule has 1 aromatic carbocycles. The van der Waals surface area contributed by atoms with Gasteiger partial charge in [-0.25, -0.2) is 9.67 Å². The lowest BCUT2D eigenvalue weighted by atomic mass is 10.0. The molecule has 0 unspecified atom stereocenters. The first-order valence-corrected chi connectivity index (χ1v) is 8.31. The van der Waals surface area contributed by atoms with E-state index in [0.29, 0.717) is 0 Å². The van der Waals surface area contributed by atoms with Gasteiger partial charge in [-0.1, -0.05) is 11.6 Å². The average molecular weight is 335 g/mol. The Labute approximate surface area is 142 Å². The summed E-state index contributed by atoms with van der Waals surface area (Å²) in [5, 5.41) is 5.37. The third-order valence-electron chi connectivity index (χ3n) is 4.45. The second-order valence-corrected chi connectivity index (χ2v) is 6.92. The van der Waals surface area contributed by atoms with Crippen molar-refractivity contribution >= 4 is 11.6 Å². The number of nitrogens with zero attached hydrogens (tertiary/aromatic N) is 4. The highest BCUT2D eigenvalue weighted by Crippen LogP contribution is 2.30. The molecule has 1 saturated heterocycles. The summed E-state index contributed by atoms with van der Waals surface area (Å²) in [6, 6.07) is 5.86. The molecule has 0 amide bonds. The summed E-state index contributed by atoms with van der Waals surface area (Å²) in [5.41, 5.74) is 1.88. The minimum Gasteiger partial charge on any atom is -0.379 e. The highest BCUT2D eigenvalue weighted by Gasteiger charge is 2.35. The molecule has 0 bridgehead atoms. The van der Waals surface area contributed by atoms with Gasteiger partial charge in [0.05, 0.1) is 24.4 Å². The van der Waals surface area contributed by atoms with Gasteiger partial charge >= 0.3 is 0 Å². The molecule has 1 aliphatic heterocycles. The van der Waals surface area contributed by atoms with Crippen LogP contribution in [0.1, 0.15) is 31.1 Å². The number of morpholine rings is 1. The van der Waals surface area contributed by atoms with Crippen molar-refractivity contribution in [3.05, 3.63) is 40.4 Å². The standard InChI is InChI=1S/C17H23ClN4O/c1-12-11-14(18)5-6-15(12)22-16(19-13(2)20-22)17(3,4)21-7-9-23-10-8-21/h5-6,11H,7-10H2,1-4H3. The van der Waals surface area contributed by atoms with Crippen LogP contribution >= 0.6 is 11.6 Å². The summed E-state index contributed by atoms with van der Waals surface area (Å²) in [4.78, 5) is 7.14. The number of benzene rings is 1. The van der Waals surface area contributed by atoms with Gasteiger partial charge < -0.3 is 4.74 Å². The minimum absolute atomic E-state index is 0.225. The zero-order valence-electron chi connectivity index (χ0n) is 14.1. The summed E-state index contributed by atoms with van der Waals surface area (Å²) in [5.74, 6) is 1.72. The minimum atomic E-state index is -0.225. The fraction of sp³-hybridized carbons (Fsp3) is 0.529. The normalized spacial score (nSPS) is 16.7. The Balaban J connectivity index is 2.06. The molecule has 3 rings (SSSR count). The number of hydrogen-bond donors (Lipinski definition) is 0. The van der Waals surface area contributed by atoms with Crippen molar-refractivity contribution in [1.29, 1.82) is 0 Å². The van der Waals surface area contributed by atoms with Crippen molar-refractivity contribution in [2.45, 2.75) is 33.2 Å². The van der Waals surface area contributed by atoms with Gasteiger partial charge in [-0.15, -0.1) is 0 Å². The third-order valence-corrected chi connectivity index (χ3v) is 4.68. The van der Waals surface area contributed by atoms with Crippen molar-refractivity contribution < 1.29 is 4.74 Å². The maximum atomic E-state index is 6.09. The molecular weight excluding hydrogens is 312 g/mol. The summed E-state index contributed by atoms with van der Waals surface area (Å²) in [6.45, 7) is 11.7. The van der Waals surface area contributed by atoms with Crippen LogP contribution in [0, 0.1) is 13.8 Å². The SMILES string of the molecule is Cc1nc(C(C)(C)N2CCOCC2)n(-c2ccc(Cl)cc2C)n1. The summed E-state index contributed by atoms with van der Waals surface area (Å²) >= 11 is 6.09. The molecule has 23 heavy (non-hydrogen) atoms. The Hall–Kier alpha value is -1.43. The molecule has 0 N–H and O–H groups in total. The lowest BCUT2D eigenvalue weighted by Gasteiger charge is -2.40. The van der Waals surface area contributed by atoms with Gasteiger partial charge in [0, 0.05) is 18.1 Å². The van der Waals surface area contributed by atoms with Gasteiger partial charge in [-0.3, -0.25) is 4.90 Å². The number of ether oxygens (including phenoxy) is 1. The Morgan fingerprint density at radius 1 is 1.17 bits per heavy atom. The number of halogens is 1. The molecule has 0 atom stereocenters. The van der Waals surface area contributed by atoms with E-state index in [1.165, 1.54) is 0 Å². The lowest BCUT2D eigenvalue weighted by molar-refractivity contribution is -0.0154. The monoisotopic (exact) mass is 334 g/mol. The van der Waals surface area contributed by atoms with Gasteiger partial charge in [-0.05, 0) is 51.5 Å². The van der Waals surface area contributed by atoms with Crippen molar-refractivity contribution in [2.75, 3.05) is 26.3 Å². The van der Waals surface area contributed by atoms with Gasteiger partial charge in [0.2, 0.25) is 0 Å². The van der Waals surface area contributed by atoms with E-state index < -0.39 is 0 Å². The fourth-order valence-electron chi connectivity index (χ4n) is 3.10. The van der Waals surface area contributed by atoms with Crippen molar-refractivity contribution in [3.8, 4) is 5.69 Å². The molecule has 0 saturated carbocycles. The molecule has 124 valence electrons. The van der Waals surface area contributed by atoms with Crippen molar-refractivity contribution in [2.24, 2.45) is 0 Å². The average Bonchev–Trinajstić information content (AvgIpc) is 2.90. The maximum absolute atomic E-state index is 6.09. The third kappa shape index (κ3) is 3.13. The van der Waals surface area contributed by atoms with Crippen molar-refractivity contribution in [3.63, 3.8) is 0 Å². The second kappa shape index (κ2) is 6.23. The number of aromatic nitrogens is 3. The van der Waals surface area contributed by atoms with Crippen LogP contribution in [0.3, 0.4) is 0 Å². The quantitative estimate of drug-likeness (QED) is 0.865. The van der Waals surface area contributed by atoms with Crippen LogP contribution in [0.4, 0.5) is 0 Å². The fourth-order valence-corrected chi connectivity index (χ4v) is 3.33. The number of aryl methyl sites for hydroxylation is 2. The van der Waals surface area contributed by atoms with Crippen LogP contribution < -0.4 is 0 Å². The molecular formula is C17H23ClN4O. The Bertz CT molecular complexity index is 705. The van der Waals surface area contributed by atoms with Crippen LogP contribution in [0.2, 0.25) is 5.02 Å². The highest BCUT2D eigenvalue weighted by atomic mass is 35.5. The van der Waals surface area contributed by atoms with Gasteiger partial charge in [-0.2, -0.15) is 5.10 Å². The Kier molecular flexibility index (Phi) is 4.45. The summed E-state index contributed by atoms with van der Waals surface area (Å²) < 4.78 is 7.44. The topological polar surface area (TPSA) is 43.2 Å². The second-order valence-electron chi connectivity index (χ2n) is 6.48. The molecule has 0 radical (unpaired) electrons. The van der Waals surface area contributed by atoms with Crippen LogP contribution in [0.5, 0.6) is 0 Å². The van der Waals surface area contributed by atoms with Gasteiger partial charge in [0.1, 0.15) is 5.82 Å². The van der Waals surface area contributed by atoms with Crippen molar-refractivity contribution in [1.82, 2.24) is 19.7 Å². The summed E-state index contributed by atoms with van der Waals surface area (Å²) in [7, 11) is 0. The van der Waals surface area contributed by atoms with E-state index in [2.05, 4.69) is 23.8 Å². The first kappa shape index (κ1) is 16.4. The van der Waals surface area contributed by atoms with E-state index in [9.17, 15) is 0 Å². The Morgan fingerprint density at radius 3 is 2.52 bits per heavy atom. The summed E-state index contributed by atoms with van der Waals surface area (Å²) in [6.07, 6.45) is 0. The lowest BCUT2D eigenvalue weighted by Crippen LogP contribution is -2.49. The van der Waals surface area contributed by atoms with E-state index >= 15 is 0 Å². The molecule has 0 spiro atoms. The smallest absolute Gasteiger partial charge is 0.152 e. The molecule has 6 heteroatoms. The highest BCUT2D eigenvalue weighted by molar-refractivity contribution is 6.30. The van der Waals surface area contributed by atoms with E-state index in [-0.39, 0.29) is 5.54 Å². The Morgan fingerprint density at radius 2 is 1.87 bits per heavy atom. The largest absolute Gasteiger partial charge is 0.379 e. The van der Waals surface area contributed by atoms with Crippen LogP contribution in [0.15, 0.2) is 18.2 Å². The molecule has 1 aromatic heterocycles. The van der Waals surface area contributed by atoms with E-state index in [0.717, 1.165) is 54.2 Å². The van der Waals surface area contributed by atoms with E-state index in [1.807, 2.05) is 36.7 Å². The molecule has 1 fully saturated rings. The van der Waals surface area contributed by atoms with Crippen LogP contribution in [-0.2, 0) is 10.3 Å². The number of hydrogen-bond acceptors (Lipinski definition) is 4.